The first kappa shape index (κ1) is 8.42. The third-order valence-electron chi connectivity index (χ3n) is 2.51. The Labute approximate surface area is 78.7 Å². The van der Waals surface area contributed by atoms with Gasteiger partial charge in [0, 0.05) is 0 Å². The molecule has 1 unspecified atom stereocenters. The zero-order valence-electron chi connectivity index (χ0n) is 8.33. The summed E-state index contributed by atoms with van der Waals surface area (Å²) in [4.78, 5) is 9.05. The molecule has 0 radical (unpaired) electrons. The van der Waals surface area contributed by atoms with Gasteiger partial charge in [-0.25, -0.2) is 4.98 Å². The molecule has 0 saturated carbocycles. The van der Waals surface area contributed by atoms with Crippen molar-refractivity contribution in [3.8, 4) is 0 Å². The van der Waals surface area contributed by atoms with Gasteiger partial charge in [-0.05, 0) is 32.3 Å². The highest BCUT2D eigenvalue weighted by Crippen LogP contribution is 2.20. The lowest BCUT2D eigenvalue weighted by atomic mass is 9.97. The van der Waals surface area contributed by atoms with Crippen molar-refractivity contribution in [1.29, 1.82) is 0 Å². The first-order valence-corrected chi connectivity index (χ1v) is 4.69. The number of nitrogens with zero attached hydrogens (tertiary/aromatic N) is 2. The van der Waals surface area contributed by atoms with Crippen LogP contribution in [0.4, 0.5) is 0 Å². The summed E-state index contributed by atoms with van der Waals surface area (Å²) < 4.78 is 0. The van der Waals surface area contributed by atoms with Gasteiger partial charge < -0.3 is 0 Å². The molecule has 1 atom stereocenters. The van der Waals surface area contributed by atoms with Crippen LogP contribution in [0.2, 0.25) is 0 Å². The van der Waals surface area contributed by atoms with E-state index in [1.165, 1.54) is 0 Å². The van der Waals surface area contributed by atoms with Gasteiger partial charge in [0.15, 0.2) is 0 Å². The largest absolute Gasteiger partial charge is 0.254 e. The fraction of sp³-hybridized carbons (Fsp3) is 0.455. The summed E-state index contributed by atoms with van der Waals surface area (Å²) in [5.74, 6) is 0.601. The number of rotatable bonds is 0. The number of allylic oxidation sites excluding steroid dienone is 1. The number of hydrogen-bond acceptors (Lipinski definition) is 2. The van der Waals surface area contributed by atoms with Crippen molar-refractivity contribution in [2.24, 2.45) is 5.92 Å². The van der Waals surface area contributed by atoms with E-state index in [9.17, 15) is 0 Å². The molecule has 0 amide bonds. The number of fused-ring (bicyclic) bond motifs is 1. The molecular weight excluding hydrogens is 160 g/mol. The quantitative estimate of drug-likeness (QED) is 0.603. The van der Waals surface area contributed by atoms with E-state index in [0.717, 1.165) is 29.2 Å². The molecule has 68 valence electrons. The van der Waals surface area contributed by atoms with Crippen LogP contribution in [0.3, 0.4) is 0 Å². The van der Waals surface area contributed by atoms with Crippen LogP contribution in [-0.4, -0.2) is 9.97 Å². The minimum Gasteiger partial charge on any atom is -0.254 e. The van der Waals surface area contributed by atoms with Crippen molar-refractivity contribution in [2.75, 3.05) is 0 Å². The molecule has 0 spiro atoms. The molecule has 0 aromatic carbocycles. The Morgan fingerprint density at radius 2 is 1.92 bits per heavy atom. The Morgan fingerprint density at radius 1 is 1.23 bits per heavy atom. The highest BCUT2D eigenvalue weighted by Gasteiger charge is 2.13. The third-order valence-corrected chi connectivity index (χ3v) is 2.51. The summed E-state index contributed by atoms with van der Waals surface area (Å²) in [6, 6.07) is 0. The molecule has 1 heterocycles. The molecule has 2 heteroatoms. The van der Waals surface area contributed by atoms with Gasteiger partial charge in [0.25, 0.3) is 0 Å². The van der Waals surface area contributed by atoms with Crippen molar-refractivity contribution < 1.29 is 0 Å². The summed E-state index contributed by atoms with van der Waals surface area (Å²) in [7, 11) is 0. The summed E-state index contributed by atoms with van der Waals surface area (Å²) >= 11 is 0. The van der Waals surface area contributed by atoms with E-state index >= 15 is 0 Å². The standard InChI is InChI=1S/C11H14N2/c1-7-4-5-10-11(6-7)13-9(3)8(2)12-10/h4-5,7H,6H2,1-3H3. The monoisotopic (exact) mass is 174 g/mol. The zero-order valence-corrected chi connectivity index (χ0v) is 8.33. The summed E-state index contributed by atoms with van der Waals surface area (Å²) in [5.41, 5.74) is 4.30. The SMILES string of the molecule is Cc1nc2c(nc1C)CC(C)C=C2. The lowest BCUT2D eigenvalue weighted by Crippen LogP contribution is -2.09. The van der Waals surface area contributed by atoms with Crippen molar-refractivity contribution in [3.63, 3.8) is 0 Å². The predicted molar refractivity (Wildman–Crippen MR) is 53.4 cm³/mol. The van der Waals surface area contributed by atoms with Crippen LogP contribution in [0.15, 0.2) is 6.08 Å². The highest BCUT2D eigenvalue weighted by molar-refractivity contribution is 5.51. The first-order chi connectivity index (χ1) is 6.16. The number of aryl methyl sites for hydroxylation is 2. The van der Waals surface area contributed by atoms with Crippen LogP contribution in [0, 0.1) is 19.8 Å². The van der Waals surface area contributed by atoms with E-state index in [-0.39, 0.29) is 0 Å². The van der Waals surface area contributed by atoms with Crippen molar-refractivity contribution in [1.82, 2.24) is 9.97 Å². The molecule has 2 nitrogen and oxygen atoms in total. The zero-order chi connectivity index (χ0) is 9.42. The molecule has 1 aromatic heterocycles. The molecule has 1 aliphatic rings. The van der Waals surface area contributed by atoms with Crippen molar-refractivity contribution in [2.45, 2.75) is 27.2 Å². The van der Waals surface area contributed by atoms with Gasteiger partial charge in [-0.1, -0.05) is 13.0 Å². The summed E-state index contributed by atoms with van der Waals surface area (Å²) in [6.45, 7) is 6.23. The average molecular weight is 174 g/mol. The smallest absolute Gasteiger partial charge is 0.0845 e. The second kappa shape index (κ2) is 2.95. The number of hydrogen-bond donors (Lipinski definition) is 0. The van der Waals surface area contributed by atoms with Gasteiger partial charge in [0.2, 0.25) is 0 Å². The van der Waals surface area contributed by atoms with Crippen LogP contribution in [0.1, 0.15) is 29.7 Å². The summed E-state index contributed by atoms with van der Waals surface area (Å²) in [6.07, 6.45) is 5.31. The highest BCUT2D eigenvalue weighted by atomic mass is 14.8. The maximum absolute atomic E-state index is 4.55. The number of aromatic nitrogens is 2. The maximum atomic E-state index is 4.55. The molecule has 13 heavy (non-hydrogen) atoms. The first-order valence-electron chi connectivity index (χ1n) is 4.69. The van der Waals surface area contributed by atoms with Crippen molar-refractivity contribution in [3.05, 3.63) is 28.9 Å². The topological polar surface area (TPSA) is 25.8 Å². The van der Waals surface area contributed by atoms with E-state index in [4.69, 9.17) is 0 Å². The molecule has 1 aromatic rings. The van der Waals surface area contributed by atoms with E-state index < -0.39 is 0 Å². The molecule has 1 aliphatic carbocycles. The van der Waals surface area contributed by atoms with Gasteiger partial charge in [-0.3, -0.25) is 4.98 Å². The Bertz CT molecular complexity index is 367. The van der Waals surface area contributed by atoms with E-state index in [1.807, 2.05) is 13.8 Å². The Morgan fingerprint density at radius 3 is 2.69 bits per heavy atom. The van der Waals surface area contributed by atoms with E-state index in [2.05, 4.69) is 29.0 Å². The molecular formula is C11H14N2. The van der Waals surface area contributed by atoms with Crippen LogP contribution in [0.25, 0.3) is 6.08 Å². The molecule has 0 saturated heterocycles. The van der Waals surface area contributed by atoms with Crippen LogP contribution in [0.5, 0.6) is 0 Å². The second-order valence-corrected chi connectivity index (χ2v) is 3.77. The normalized spacial score (nSPS) is 20.1. The van der Waals surface area contributed by atoms with E-state index in [1.54, 1.807) is 0 Å². The molecule has 0 N–H and O–H groups in total. The van der Waals surface area contributed by atoms with Crippen LogP contribution >= 0.6 is 0 Å². The van der Waals surface area contributed by atoms with Gasteiger partial charge in [-0.2, -0.15) is 0 Å². The van der Waals surface area contributed by atoms with Gasteiger partial charge >= 0.3 is 0 Å². The van der Waals surface area contributed by atoms with E-state index in [0.29, 0.717) is 5.92 Å². The van der Waals surface area contributed by atoms with Crippen LogP contribution in [-0.2, 0) is 6.42 Å². The Kier molecular flexibility index (Phi) is 1.91. The second-order valence-electron chi connectivity index (χ2n) is 3.77. The van der Waals surface area contributed by atoms with Gasteiger partial charge in [0.1, 0.15) is 0 Å². The maximum Gasteiger partial charge on any atom is 0.0845 e. The molecule has 2 rings (SSSR count). The third kappa shape index (κ3) is 1.48. The summed E-state index contributed by atoms with van der Waals surface area (Å²) in [5, 5.41) is 0. The molecule has 0 bridgehead atoms. The van der Waals surface area contributed by atoms with Gasteiger partial charge in [0.05, 0.1) is 22.8 Å². The molecule has 0 fully saturated rings. The minimum atomic E-state index is 0.601. The Hall–Kier alpha value is -1.18. The molecule has 0 aliphatic heterocycles. The van der Waals surface area contributed by atoms with Gasteiger partial charge in [-0.15, -0.1) is 0 Å². The fourth-order valence-corrected chi connectivity index (χ4v) is 1.58. The fourth-order valence-electron chi connectivity index (χ4n) is 1.58. The minimum absolute atomic E-state index is 0.601. The average Bonchev–Trinajstić information content (AvgIpc) is 2.08. The lowest BCUT2D eigenvalue weighted by Gasteiger charge is -2.15. The lowest BCUT2D eigenvalue weighted by molar-refractivity contribution is 0.688. The predicted octanol–water partition coefficient (Wildman–Crippen LogP) is 2.30. The van der Waals surface area contributed by atoms with Crippen molar-refractivity contribution >= 4 is 6.08 Å². The van der Waals surface area contributed by atoms with Crippen LogP contribution < -0.4 is 0 Å². The Balaban J connectivity index is 2.52.